The number of ether oxygens (including phenoxy) is 1. The van der Waals surface area contributed by atoms with E-state index in [0.717, 1.165) is 12.8 Å². The molecular formula is C14H27NO3. The van der Waals surface area contributed by atoms with E-state index >= 15 is 0 Å². The van der Waals surface area contributed by atoms with Crippen molar-refractivity contribution >= 4 is 6.09 Å². The van der Waals surface area contributed by atoms with Gasteiger partial charge in [-0.25, -0.2) is 4.79 Å². The van der Waals surface area contributed by atoms with Gasteiger partial charge in [0.15, 0.2) is 0 Å². The fourth-order valence-electron chi connectivity index (χ4n) is 2.56. The topological polar surface area (TPSA) is 58.6 Å². The van der Waals surface area contributed by atoms with Crippen LogP contribution >= 0.6 is 0 Å². The molecule has 4 heteroatoms. The molecule has 0 aliphatic heterocycles. The molecular weight excluding hydrogens is 230 g/mol. The number of hydrogen-bond acceptors (Lipinski definition) is 3. The van der Waals surface area contributed by atoms with Crippen LogP contribution in [0.4, 0.5) is 4.79 Å². The van der Waals surface area contributed by atoms with Gasteiger partial charge in [-0.15, -0.1) is 0 Å². The van der Waals surface area contributed by atoms with E-state index in [1.54, 1.807) is 0 Å². The summed E-state index contributed by atoms with van der Waals surface area (Å²) in [5.41, 5.74) is -0.472. The zero-order valence-electron chi connectivity index (χ0n) is 11.9. The SMILES string of the molecule is CC(C)(C)OC(=O)N[C@@H](CCO)C1CCCCC1. The van der Waals surface area contributed by atoms with Crippen LogP contribution in [0.5, 0.6) is 0 Å². The van der Waals surface area contributed by atoms with Crippen LogP contribution in [0, 0.1) is 5.92 Å². The lowest BCUT2D eigenvalue weighted by atomic mass is 9.83. The third kappa shape index (κ3) is 5.71. The van der Waals surface area contributed by atoms with Crippen molar-refractivity contribution in [2.45, 2.75) is 70.9 Å². The zero-order chi connectivity index (χ0) is 13.6. The summed E-state index contributed by atoms with van der Waals surface area (Å²) in [6.45, 7) is 5.67. The van der Waals surface area contributed by atoms with Crippen molar-refractivity contribution in [2.75, 3.05) is 6.61 Å². The van der Waals surface area contributed by atoms with Crippen LogP contribution in [0.25, 0.3) is 0 Å². The molecule has 0 spiro atoms. The molecule has 18 heavy (non-hydrogen) atoms. The summed E-state index contributed by atoms with van der Waals surface area (Å²) in [4.78, 5) is 11.8. The largest absolute Gasteiger partial charge is 0.444 e. The molecule has 0 bridgehead atoms. The highest BCUT2D eigenvalue weighted by molar-refractivity contribution is 5.68. The quantitative estimate of drug-likeness (QED) is 0.814. The first kappa shape index (κ1) is 15.3. The molecule has 0 aromatic heterocycles. The van der Waals surface area contributed by atoms with Gasteiger partial charge in [0.1, 0.15) is 5.60 Å². The average molecular weight is 257 g/mol. The van der Waals surface area contributed by atoms with Crippen molar-refractivity contribution < 1.29 is 14.6 Å². The standard InChI is InChI=1S/C14H27NO3/c1-14(2,3)18-13(17)15-12(9-10-16)11-7-5-4-6-8-11/h11-12,16H,4-10H2,1-3H3,(H,15,17)/t12-/m0/s1. The van der Waals surface area contributed by atoms with E-state index in [9.17, 15) is 4.79 Å². The minimum Gasteiger partial charge on any atom is -0.444 e. The number of carbonyl (C=O) groups excluding carboxylic acids is 1. The molecule has 1 fully saturated rings. The van der Waals surface area contributed by atoms with E-state index in [1.165, 1.54) is 19.3 Å². The molecule has 106 valence electrons. The lowest BCUT2D eigenvalue weighted by molar-refractivity contribution is 0.0465. The fourth-order valence-corrected chi connectivity index (χ4v) is 2.56. The maximum atomic E-state index is 11.8. The van der Waals surface area contributed by atoms with E-state index in [0.29, 0.717) is 12.3 Å². The van der Waals surface area contributed by atoms with Gasteiger partial charge in [0, 0.05) is 12.6 Å². The van der Waals surface area contributed by atoms with Crippen LogP contribution in [-0.2, 0) is 4.74 Å². The highest BCUT2D eigenvalue weighted by Gasteiger charge is 2.26. The Hall–Kier alpha value is -0.770. The predicted octanol–water partition coefficient (Wildman–Crippen LogP) is 2.84. The molecule has 0 saturated heterocycles. The fraction of sp³-hybridized carbons (Fsp3) is 0.929. The van der Waals surface area contributed by atoms with Gasteiger partial charge in [-0.05, 0) is 46.0 Å². The highest BCUT2D eigenvalue weighted by atomic mass is 16.6. The second kappa shape index (κ2) is 6.98. The summed E-state index contributed by atoms with van der Waals surface area (Å²) in [6.07, 6.45) is 6.26. The van der Waals surface area contributed by atoms with Crippen LogP contribution in [0.15, 0.2) is 0 Å². The number of amides is 1. The summed E-state index contributed by atoms with van der Waals surface area (Å²) >= 11 is 0. The van der Waals surface area contributed by atoms with Crippen molar-refractivity contribution in [3.05, 3.63) is 0 Å². The average Bonchev–Trinajstić information content (AvgIpc) is 2.27. The first-order chi connectivity index (χ1) is 8.42. The first-order valence-corrected chi connectivity index (χ1v) is 7.03. The van der Waals surface area contributed by atoms with Gasteiger partial charge in [0.05, 0.1) is 0 Å². The van der Waals surface area contributed by atoms with Crippen molar-refractivity contribution in [2.24, 2.45) is 5.92 Å². The molecule has 2 N–H and O–H groups in total. The van der Waals surface area contributed by atoms with E-state index in [2.05, 4.69) is 5.32 Å². The number of carbonyl (C=O) groups is 1. The smallest absolute Gasteiger partial charge is 0.407 e. The van der Waals surface area contributed by atoms with Gasteiger partial charge in [-0.1, -0.05) is 19.3 Å². The van der Waals surface area contributed by atoms with Crippen LogP contribution in [-0.4, -0.2) is 29.4 Å². The molecule has 1 amide bonds. The maximum absolute atomic E-state index is 11.8. The number of aliphatic hydroxyl groups excluding tert-OH is 1. The van der Waals surface area contributed by atoms with Gasteiger partial charge in [-0.3, -0.25) is 0 Å². The number of rotatable bonds is 4. The van der Waals surface area contributed by atoms with E-state index < -0.39 is 5.60 Å². The second-order valence-corrected chi connectivity index (χ2v) is 6.16. The predicted molar refractivity (Wildman–Crippen MR) is 71.4 cm³/mol. The Bertz CT molecular complexity index is 254. The molecule has 0 aromatic rings. The first-order valence-electron chi connectivity index (χ1n) is 7.03. The van der Waals surface area contributed by atoms with Crippen molar-refractivity contribution in [3.63, 3.8) is 0 Å². The Balaban J connectivity index is 2.48. The number of alkyl carbamates (subject to hydrolysis) is 1. The summed E-state index contributed by atoms with van der Waals surface area (Å²) in [7, 11) is 0. The second-order valence-electron chi connectivity index (χ2n) is 6.16. The summed E-state index contributed by atoms with van der Waals surface area (Å²) < 4.78 is 5.27. The third-order valence-electron chi connectivity index (χ3n) is 3.36. The number of aliphatic hydroxyl groups is 1. The molecule has 1 atom stereocenters. The van der Waals surface area contributed by atoms with E-state index in [-0.39, 0.29) is 18.7 Å². The molecule has 4 nitrogen and oxygen atoms in total. The number of nitrogens with one attached hydrogen (secondary N) is 1. The molecule has 1 rings (SSSR count). The normalized spacial score (nSPS) is 19.3. The third-order valence-corrected chi connectivity index (χ3v) is 3.36. The molecule has 1 aliphatic carbocycles. The van der Waals surface area contributed by atoms with Crippen molar-refractivity contribution in [3.8, 4) is 0 Å². The lowest BCUT2D eigenvalue weighted by Crippen LogP contribution is -2.44. The molecule has 0 radical (unpaired) electrons. The van der Waals surface area contributed by atoms with E-state index in [1.807, 2.05) is 20.8 Å². The van der Waals surface area contributed by atoms with Crippen molar-refractivity contribution in [1.82, 2.24) is 5.32 Å². The minimum absolute atomic E-state index is 0.0464. The van der Waals surface area contributed by atoms with Crippen LogP contribution in [0.2, 0.25) is 0 Å². The van der Waals surface area contributed by atoms with Gasteiger partial charge < -0.3 is 15.2 Å². The monoisotopic (exact) mass is 257 g/mol. The summed E-state index contributed by atoms with van der Waals surface area (Å²) in [5.74, 6) is 0.485. The Morgan fingerprint density at radius 2 is 1.94 bits per heavy atom. The van der Waals surface area contributed by atoms with Gasteiger partial charge in [0.2, 0.25) is 0 Å². The Morgan fingerprint density at radius 1 is 1.33 bits per heavy atom. The zero-order valence-corrected chi connectivity index (χ0v) is 11.9. The molecule has 0 unspecified atom stereocenters. The number of hydrogen-bond donors (Lipinski definition) is 2. The van der Waals surface area contributed by atoms with E-state index in [4.69, 9.17) is 9.84 Å². The lowest BCUT2D eigenvalue weighted by Gasteiger charge is -2.31. The Morgan fingerprint density at radius 3 is 2.44 bits per heavy atom. The Labute approximate surface area is 110 Å². The van der Waals surface area contributed by atoms with Gasteiger partial charge in [-0.2, -0.15) is 0 Å². The van der Waals surface area contributed by atoms with Gasteiger partial charge >= 0.3 is 6.09 Å². The van der Waals surface area contributed by atoms with Crippen LogP contribution in [0.1, 0.15) is 59.3 Å². The molecule has 0 heterocycles. The van der Waals surface area contributed by atoms with Crippen LogP contribution < -0.4 is 5.32 Å². The molecule has 1 saturated carbocycles. The van der Waals surface area contributed by atoms with Crippen molar-refractivity contribution in [1.29, 1.82) is 0 Å². The summed E-state index contributed by atoms with van der Waals surface area (Å²) in [6, 6.07) is 0.0464. The molecule has 0 aromatic carbocycles. The Kier molecular flexibility index (Phi) is 5.93. The summed E-state index contributed by atoms with van der Waals surface area (Å²) in [5, 5.41) is 12.0. The highest BCUT2D eigenvalue weighted by Crippen LogP contribution is 2.27. The maximum Gasteiger partial charge on any atom is 0.407 e. The minimum atomic E-state index is -0.472. The van der Waals surface area contributed by atoms with Crippen LogP contribution in [0.3, 0.4) is 0 Å². The van der Waals surface area contributed by atoms with Gasteiger partial charge in [0.25, 0.3) is 0 Å². The molecule has 1 aliphatic rings.